The monoisotopic (exact) mass is 394 g/mol. The number of hydrogen-bond acceptors (Lipinski definition) is 5. The smallest absolute Gasteiger partial charge is 0.312 e. The molecule has 1 amide bonds. The molecule has 0 saturated heterocycles. The molecule has 0 bridgehead atoms. The lowest BCUT2D eigenvalue weighted by molar-refractivity contribution is -0.146. The topological polar surface area (TPSA) is 68.3 Å². The van der Waals surface area contributed by atoms with Crippen molar-refractivity contribution in [3.63, 3.8) is 0 Å². The molecule has 1 N–H and O–H groups in total. The first kappa shape index (κ1) is 19.8. The van der Waals surface area contributed by atoms with E-state index < -0.39 is 5.97 Å². The molecule has 28 heavy (non-hydrogen) atoms. The first-order valence-electron chi connectivity index (χ1n) is 8.94. The molecule has 144 valence electrons. The Morgan fingerprint density at radius 3 is 2.36 bits per heavy atom. The number of benzene rings is 2. The highest BCUT2D eigenvalue weighted by Gasteiger charge is 2.12. The van der Waals surface area contributed by atoms with Crippen LogP contribution in [0.2, 0.25) is 0 Å². The van der Waals surface area contributed by atoms with E-state index in [9.17, 15) is 9.59 Å². The number of nitrogens with zero attached hydrogens (tertiary/aromatic N) is 1. The Kier molecular flexibility index (Phi) is 6.21. The minimum Gasteiger partial charge on any atom is -0.455 e. The second-order valence-corrected chi connectivity index (χ2v) is 7.63. The average Bonchev–Trinajstić information content (AvgIpc) is 3.08. The van der Waals surface area contributed by atoms with Crippen molar-refractivity contribution in [1.29, 1.82) is 0 Å². The van der Waals surface area contributed by atoms with Crippen LogP contribution in [0.4, 0.5) is 5.69 Å². The van der Waals surface area contributed by atoms with E-state index in [1.54, 1.807) is 0 Å². The van der Waals surface area contributed by atoms with Crippen LogP contribution in [0.3, 0.4) is 0 Å². The molecule has 0 aliphatic carbocycles. The standard InChI is InChI=1S/C22H22N2O3S/c1-14-4-6-17(7-5-14)22-24-19(13-28-22)11-21(26)27-12-20(25)23-18-9-15(2)8-16(3)10-18/h4-10,13H,11-12H2,1-3H3,(H,23,25). The normalized spacial score (nSPS) is 10.5. The first-order valence-corrected chi connectivity index (χ1v) is 9.82. The lowest BCUT2D eigenvalue weighted by atomic mass is 10.1. The fourth-order valence-electron chi connectivity index (χ4n) is 2.81. The van der Waals surface area contributed by atoms with Crippen molar-refractivity contribution < 1.29 is 14.3 Å². The van der Waals surface area contributed by atoms with Gasteiger partial charge in [0.2, 0.25) is 0 Å². The zero-order valence-corrected chi connectivity index (χ0v) is 16.9. The molecule has 6 heteroatoms. The number of hydrogen-bond donors (Lipinski definition) is 1. The van der Waals surface area contributed by atoms with Crippen molar-refractivity contribution in [2.45, 2.75) is 27.2 Å². The molecule has 0 saturated carbocycles. The second-order valence-electron chi connectivity index (χ2n) is 6.77. The van der Waals surface area contributed by atoms with E-state index in [0.29, 0.717) is 11.4 Å². The van der Waals surface area contributed by atoms with E-state index in [1.807, 2.05) is 68.6 Å². The number of thiazole rings is 1. The van der Waals surface area contributed by atoms with Crippen LogP contribution in [-0.4, -0.2) is 23.5 Å². The molecule has 0 radical (unpaired) electrons. The molecule has 0 aliphatic rings. The zero-order valence-electron chi connectivity index (χ0n) is 16.1. The summed E-state index contributed by atoms with van der Waals surface area (Å²) in [5.41, 5.74) is 5.65. The number of rotatable bonds is 6. The Bertz CT molecular complexity index is 973. The van der Waals surface area contributed by atoms with Gasteiger partial charge in [-0.1, -0.05) is 35.9 Å². The molecular formula is C22H22N2O3S. The van der Waals surface area contributed by atoms with Crippen molar-refractivity contribution in [3.8, 4) is 10.6 Å². The highest BCUT2D eigenvalue weighted by atomic mass is 32.1. The van der Waals surface area contributed by atoms with Crippen LogP contribution in [0.1, 0.15) is 22.4 Å². The Morgan fingerprint density at radius 1 is 1.00 bits per heavy atom. The molecule has 2 aromatic carbocycles. The molecule has 0 fully saturated rings. The van der Waals surface area contributed by atoms with E-state index >= 15 is 0 Å². The van der Waals surface area contributed by atoms with Gasteiger partial charge in [0.15, 0.2) is 6.61 Å². The van der Waals surface area contributed by atoms with Gasteiger partial charge in [-0.15, -0.1) is 11.3 Å². The van der Waals surface area contributed by atoms with Crippen LogP contribution < -0.4 is 5.32 Å². The molecule has 3 rings (SSSR count). The summed E-state index contributed by atoms with van der Waals surface area (Å²) in [6, 6.07) is 13.8. The van der Waals surface area contributed by atoms with Crippen LogP contribution in [0.25, 0.3) is 10.6 Å². The number of carbonyl (C=O) groups excluding carboxylic acids is 2. The Balaban J connectivity index is 1.50. The number of aryl methyl sites for hydroxylation is 3. The van der Waals surface area contributed by atoms with Gasteiger partial charge in [0.25, 0.3) is 5.91 Å². The summed E-state index contributed by atoms with van der Waals surface area (Å²) in [5.74, 6) is -0.840. The summed E-state index contributed by atoms with van der Waals surface area (Å²) in [5, 5.41) is 5.44. The Labute approximate surface area is 168 Å². The number of amides is 1. The number of carbonyl (C=O) groups is 2. The Hall–Kier alpha value is -2.99. The van der Waals surface area contributed by atoms with E-state index in [1.165, 1.54) is 16.9 Å². The number of esters is 1. The van der Waals surface area contributed by atoms with Gasteiger partial charge in [-0.2, -0.15) is 0 Å². The molecule has 1 heterocycles. The lowest BCUT2D eigenvalue weighted by Gasteiger charge is -2.08. The summed E-state index contributed by atoms with van der Waals surface area (Å²) in [4.78, 5) is 28.5. The van der Waals surface area contributed by atoms with Gasteiger partial charge in [-0.3, -0.25) is 9.59 Å². The van der Waals surface area contributed by atoms with Crippen molar-refractivity contribution >= 4 is 28.9 Å². The third kappa shape index (κ3) is 5.50. The maximum atomic E-state index is 12.0. The van der Waals surface area contributed by atoms with Crippen molar-refractivity contribution in [2.75, 3.05) is 11.9 Å². The highest BCUT2D eigenvalue weighted by molar-refractivity contribution is 7.13. The number of nitrogens with one attached hydrogen (secondary N) is 1. The largest absolute Gasteiger partial charge is 0.455 e. The first-order chi connectivity index (χ1) is 13.4. The number of ether oxygens (including phenoxy) is 1. The van der Waals surface area contributed by atoms with E-state index in [0.717, 1.165) is 21.7 Å². The van der Waals surface area contributed by atoms with Crippen LogP contribution in [0, 0.1) is 20.8 Å². The maximum absolute atomic E-state index is 12.0. The van der Waals surface area contributed by atoms with Gasteiger partial charge >= 0.3 is 5.97 Å². The lowest BCUT2D eigenvalue weighted by Crippen LogP contribution is -2.21. The molecule has 0 spiro atoms. The zero-order chi connectivity index (χ0) is 20.1. The van der Waals surface area contributed by atoms with Gasteiger partial charge in [0.1, 0.15) is 5.01 Å². The van der Waals surface area contributed by atoms with E-state index in [-0.39, 0.29) is 18.9 Å². The molecular weight excluding hydrogens is 372 g/mol. The minimum atomic E-state index is -0.476. The predicted octanol–water partition coefficient (Wildman–Crippen LogP) is 4.46. The third-order valence-corrected chi connectivity index (χ3v) is 4.99. The van der Waals surface area contributed by atoms with Gasteiger partial charge in [0, 0.05) is 16.6 Å². The maximum Gasteiger partial charge on any atom is 0.312 e. The summed E-state index contributed by atoms with van der Waals surface area (Å²) in [6.07, 6.45) is 0.0409. The van der Waals surface area contributed by atoms with Crippen LogP contribution in [0.15, 0.2) is 47.8 Å². The van der Waals surface area contributed by atoms with E-state index in [4.69, 9.17) is 4.74 Å². The highest BCUT2D eigenvalue weighted by Crippen LogP contribution is 2.24. The molecule has 3 aromatic rings. The van der Waals surface area contributed by atoms with Gasteiger partial charge in [-0.25, -0.2) is 4.98 Å². The summed E-state index contributed by atoms with van der Waals surface area (Å²) in [7, 11) is 0. The predicted molar refractivity (Wildman–Crippen MR) is 111 cm³/mol. The Morgan fingerprint density at radius 2 is 1.68 bits per heavy atom. The summed E-state index contributed by atoms with van der Waals surface area (Å²) < 4.78 is 5.08. The number of aromatic nitrogens is 1. The van der Waals surface area contributed by atoms with Crippen LogP contribution in [0.5, 0.6) is 0 Å². The van der Waals surface area contributed by atoms with Crippen molar-refractivity contribution in [2.24, 2.45) is 0 Å². The average molecular weight is 394 g/mol. The molecule has 0 aliphatic heterocycles. The van der Waals surface area contributed by atoms with Gasteiger partial charge in [0.05, 0.1) is 12.1 Å². The fraction of sp³-hybridized carbons (Fsp3) is 0.227. The quantitative estimate of drug-likeness (QED) is 0.627. The van der Waals surface area contributed by atoms with Crippen molar-refractivity contribution in [3.05, 3.63) is 70.2 Å². The second kappa shape index (κ2) is 8.80. The molecule has 1 aromatic heterocycles. The summed E-state index contributed by atoms with van der Waals surface area (Å²) in [6.45, 7) is 5.63. The minimum absolute atomic E-state index is 0.0409. The van der Waals surface area contributed by atoms with Crippen molar-refractivity contribution in [1.82, 2.24) is 4.98 Å². The van der Waals surface area contributed by atoms with E-state index in [2.05, 4.69) is 10.3 Å². The summed E-state index contributed by atoms with van der Waals surface area (Å²) >= 11 is 1.48. The van der Waals surface area contributed by atoms with Gasteiger partial charge < -0.3 is 10.1 Å². The van der Waals surface area contributed by atoms with Gasteiger partial charge in [-0.05, 0) is 44.0 Å². The SMILES string of the molecule is Cc1ccc(-c2nc(CC(=O)OCC(=O)Nc3cc(C)cc(C)c3)cs2)cc1. The molecule has 0 atom stereocenters. The van der Waals surface area contributed by atoms with Crippen LogP contribution in [-0.2, 0) is 20.7 Å². The fourth-order valence-corrected chi connectivity index (χ4v) is 3.63. The van der Waals surface area contributed by atoms with Crippen LogP contribution >= 0.6 is 11.3 Å². The third-order valence-electron chi connectivity index (χ3n) is 4.05. The molecule has 0 unspecified atom stereocenters. The molecule has 5 nitrogen and oxygen atoms in total. The number of anilines is 1.